The highest BCUT2D eigenvalue weighted by atomic mass is 15.1. The van der Waals surface area contributed by atoms with Crippen LogP contribution in [0.3, 0.4) is 0 Å². The molecular formula is C10H10N4. The van der Waals surface area contributed by atoms with E-state index in [9.17, 15) is 0 Å². The molecular weight excluding hydrogens is 176 g/mol. The second-order valence-corrected chi connectivity index (χ2v) is 3.06. The molecule has 4 nitrogen and oxygen atoms in total. The van der Waals surface area contributed by atoms with Crippen molar-refractivity contribution in [1.29, 1.82) is 5.26 Å². The Hall–Kier alpha value is -1.89. The molecule has 0 unspecified atom stereocenters. The van der Waals surface area contributed by atoms with Crippen LogP contribution in [-0.2, 0) is 6.54 Å². The lowest BCUT2D eigenvalue weighted by molar-refractivity contribution is 0.704. The molecule has 0 bridgehead atoms. The predicted molar refractivity (Wildman–Crippen MR) is 52.5 cm³/mol. The van der Waals surface area contributed by atoms with Crippen molar-refractivity contribution in [2.24, 2.45) is 0 Å². The van der Waals surface area contributed by atoms with Crippen LogP contribution in [0.1, 0.15) is 12.2 Å². The number of rotatable bonds is 2. The number of hydrogen-bond acceptors (Lipinski definition) is 3. The van der Waals surface area contributed by atoms with Gasteiger partial charge in [-0.1, -0.05) is 0 Å². The van der Waals surface area contributed by atoms with Crippen molar-refractivity contribution in [3.63, 3.8) is 0 Å². The standard InChI is InChI=1S/C10H10N4/c1-8-13-9-4-2-6-12-10(9)14(8)7-3-5-11/h2,4,6H,3,7H2,1H3. The minimum atomic E-state index is 0.489. The molecule has 4 heteroatoms. The first-order valence-electron chi connectivity index (χ1n) is 4.47. The fourth-order valence-electron chi connectivity index (χ4n) is 1.50. The van der Waals surface area contributed by atoms with E-state index in [2.05, 4.69) is 16.0 Å². The molecule has 14 heavy (non-hydrogen) atoms. The third-order valence-corrected chi connectivity index (χ3v) is 2.14. The number of hydrogen-bond donors (Lipinski definition) is 0. The summed E-state index contributed by atoms with van der Waals surface area (Å²) >= 11 is 0. The molecule has 70 valence electrons. The Morgan fingerprint density at radius 2 is 2.43 bits per heavy atom. The predicted octanol–water partition coefficient (Wildman–Crippen LogP) is 1.65. The molecule has 0 atom stereocenters. The fraction of sp³-hybridized carbons (Fsp3) is 0.300. The second kappa shape index (κ2) is 3.46. The van der Waals surface area contributed by atoms with E-state index in [1.165, 1.54) is 0 Å². The van der Waals surface area contributed by atoms with Crippen LogP contribution in [0.4, 0.5) is 0 Å². The summed E-state index contributed by atoms with van der Waals surface area (Å²) in [6, 6.07) is 5.91. The molecule has 2 heterocycles. The Bertz CT molecular complexity index is 492. The Labute approximate surface area is 81.8 Å². The van der Waals surface area contributed by atoms with Crippen molar-refractivity contribution in [2.45, 2.75) is 19.9 Å². The summed E-state index contributed by atoms with van der Waals surface area (Å²) in [5.41, 5.74) is 1.75. The molecule has 0 aliphatic heterocycles. The van der Waals surface area contributed by atoms with Crippen LogP contribution >= 0.6 is 0 Å². The van der Waals surface area contributed by atoms with E-state index < -0.39 is 0 Å². The van der Waals surface area contributed by atoms with Crippen LogP contribution < -0.4 is 0 Å². The van der Waals surface area contributed by atoms with Crippen molar-refractivity contribution in [3.8, 4) is 6.07 Å². The van der Waals surface area contributed by atoms with Crippen LogP contribution in [0.15, 0.2) is 18.3 Å². The maximum atomic E-state index is 8.52. The molecule has 2 aromatic rings. The summed E-state index contributed by atoms with van der Waals surface area (Å²) in [5, 5.41) is 8.52. The third kappa shape index (κ3) is 1.33. The van der Waals surface area contributed by atoms with Crippen molar-refractivity contribution in [2.75, 3.05) is 0 Å². The molecule has 0 saturated heterocycles. The highest BCUT2D eigenvalue weighted by Crippen LogP contribution is 2.12. The van der Waals surface area contributed by atoms with Gasteiger partial charge in [-0.25, -0.2) is 9.97 Å². The van der Waals surface area contributed by atoms with Gasteiger partial charge in [0.05, 0.1) is 12.5 Å². The van der Waals surface area contributed by atoms with Gasteiger partial charge in [0.15, 0.2) is 5.65 Å². The monoisotopic (exact) mass is 186 g/mol. The normalized spacial score (nSPS) is 10.3. The van der Waals surface area contributed by atoms with E-state index in [4.69, 9.17) is 5.26 Å². The van der Waals surface area contributed by atoms with E-state index in [-0.39, 0.29) is 0 Å². The molecule has 2 rings (SSSR count). The van der Waals surface area contributed by atoms with Gasteiger partial charge >= 0.3 is 0 Å². The summed E-state index contributed by atoms with van der Waals surface area (Å²) in [5.74, 6) is 0.911. The van der Waals surface area contributed by atoms with Crippen molar-refractivity contribution < 1.29 is 0 Å². The van der Waals surface area contributed by atoms with E-state index in [0.717, 1.165) is 17.0 Å². The lowest BCUT2D eigenvalue weighted by Gasteiger charge is -2.01. The van der Waals surface area contributed by atoms with E-state index in [1.54, 1.807) is 6.20 Å². The Morgan fingerprint density at radius 3 is 3.21 bits per heavy atom. The van der Waals surface area contributed by atoms with Crippen LogP contribution in [0.25, 0.3) is 11.2 Å². The van der Waals surface area contributed by atoms with Gasteiger partial charge in [-0.15, -0.1) is 0 Å². The SMILES string of the molecule is Cc1nc2cccnc2n1CCC#N. The smallest absolute Gasteiger partial charge is 0.160 e. The van der Waals surface area contributed by atoms with Gasteiger partial charge in [0, 0.05) is 12.7 Å². The molecule has 0 N–H and O–H groups in total. The van der Waals surface area contributed by atoms with Crippen LogP contribution in [0.2, 0.25) is 0 Å². The molecule has 0 radical (unpaired) electrons. The quantitative estimate of drug-likeness (QED) is 0.716. The van der Waals surface area contributed by atoms with Gasteiger partial charge in [-0.2, -0.15) is 5.26 Å². The summed E-state index contributed by atoms with van der Waals surface area (Å²) < 4.78 is 1.97. The average Bonchev–Trinajstić information content (AvgIpc) is 2.51. The lowest BCUT2D eigenvalue weighted by atomic mass is 10.4. The average molecular weight is 186 g/mol. The minimum absolute atomic E-state index is 0.489. The van der Waals surface area contributed by atoms with Gasteiger partial charge < -0.3 is 4.57 Å². The Balaban J connectivity index is 2.52. The number of nitrogens with zero attached hydrogens (tertiary/aromatic N) is 4. The summed E-state index contributed by atoms with van der Waals surface area (Å²) in [6.07, 6.45) is 2.23. The van der Waals surface area contributed by atoms with Gasteiger partial charge in [0.2, 0.25) is 0 Å². The number of aromatic nitrogens is 3. The van der Waals surface area contributed by atoms with E-state index >= 15 is 0 Å². The number of aryl methyl sites for hydroxylation is 2. The molecule has 0 amide bonds. The highest BCUT2D eigenvalue weighted by molar-refractivity contribution is 5.70. The number of fused-ring (bicyclic) bond motifs is 1. The summed E-state index contributed by atoms with van der Waals surface area (Å²) in [6.45, 7) is 2.59. The van der Waals surface area contributed by atoms with Gasteiger partial charge in [0.1, 0.15) is 11.3 Å². The lowest BCUT2D eigenvalue weighted by Crippen LogP contribution is -2.00. The highest BCUT2D eigenvalue weighted by Gasteiger charge is 2.06. The van der Waals surface area contributed by atoms with E-state index in [0.29, 0.717) is 13.0 Å². The Morgan fingerprint density at radius 1 is 1.57 bits per heavy atom. The minimum Gasteiger partial charge on any atom is -0.312 e. The van der Waals surface area contributed by atoms with Gasteiger partial charge in [-0.05, 0) is 19.1 Å². The zero-order valence-electron chi connectivity index (χ0n) is 7.94. The van der Waals surface area contributed by atoms with Crippen LogP contribution in [0, 0.1) is 18.3 Å². The van der Waals surface area contributed by atoms with Crippen molar-refractivity contribution in [1.82, 2.24) is 14.5 Å². The number of nitriles is 1. The zero-order valence-corrected chi connectivity index (χ0v) is 7.94. The van der Waals surface area contributed by atoms with Gasteiger partial charge in [-0.3, -0.25) is 0 Å². The molecule has 0 aliphatic rings. The number of pyridine rings is 1. The fourth-order valence-corrected chi connectivity index (χ4v) is 1.50. The summed E-state index contributed by atoms with van der Waals surface area (Å²) in [4.78, 5) is 8.60. The summed E-state index contributed by atoms with van der Waals surface area (Å²) in [7, 11) is 0. The topological polar surface area (TPSA) is 54.5 Å². The first-order chi connectivity index (χ1) is 6.83. The maximum Gasteiger partial charge on any atom is 0.160 e. The molecule has 2 aromatic heterocycles. The first kappa shape index (κ1) is 8.70. The first-order valence-corrected chi connectivity index (χ1v) is 4.47. The molecule has 0 fully saturated rings. The van der Waals surface area contributed by atoms with Gasteiger partial charge in [0.25, 0.3) is 0 Å². The molecule has 0 aromatic carbocycles. The maximum absolute atomic E-state index is 8.52. The largest absolute Gasteiger partial charge is 0.312 e. The molecule has 0 spiro atoms. The molecule has 0 aliphatic carbocycles. The van der Waals surface area contributed by atoms with Crippen molar-refractivity contribution >= 4 is 11.2 Å². The molecule has 0 saturated carbocycles. The second-order valence-electron chi connectivity index (χ2n) is 3.06. The Kier molecular flexibility index (Phi) is 2.15. The van der Waals surface area contributed by atoms with Crippen LogP contribution in [-0.4, -0.2) is 14.5 Å². The number of imidazole rings is 1. The zero-order chi connectivity index (χ0) is 9.97. The van der Waals surface area contributed by atoms with Crippen molar-refractivity contribution in [3.05, 3.63) is 24.2 Å². The van der Waals surface area contributed by atoms with Crippen LogP contribution in [0.5, 0.6) is 0 Å². The van der Waals surface area contributed by atoms with E-state index in [1.807, 2.05) is 23.6 Å². The third-order valence-electron chi connectivity index (χ3n) is 2.14.